The fourth-order valence-corrected chi connectivity index (χ4v) is 2.11. The minimum Gasteiger partial charge on any atom is -0.355 e. The van der Waals surface area contributed by atoms with E-state index in [9.17, 15) is 0 Å². The van der Waals surface area contributed by atoms with Crippen LogP contribution in [0.1, 0.15) is 24.7 Å². The van der Waals surface area contributed by atoms with Gasteiger partial charge in [-0.05, 0) is 33.1 Å². The topological polar surface area (TPSA) is 55.0 Å². The smallest absolute Gasteiger partial charge is 0.147 e. The second-order valence-electron chi connectivity index (χ2n) is 4.75. The molecule has 0 saturated carbocycles. The SMILES string of the molecule is Cc1ncc(N2CCC(C(C)N)C2)nc1C. The third kappa shape index (κ3) is 2.16. The molecule has 4 heteroatoms. The summed E-state index contributed by atoms with van der Waals surface area (Å²) in [6, 6.07) is 0.268. The summed E-state index contributed by atoms with van der Waals surface area (Å²) in [5.41, 5.74) is 7.95. The zero-order valence-electron chi connectivity index (χ0n) is 10.3. The number of anilines is 1. The molecule has 2 unspecified atom stereocenters. The van der Waals surface area contributed by atoms with Gasteiger partial charge in [0.15, 0.2) is 0 Å². The second kappa shape index (κ2) is 4.37. The van der Waals surface area contributed by atoms with Crippen molar-refractivity contribution in [2.75, 3.05) is 18.0 Å². The van der Waals surface area contributed by atoms with Crippen LogP contribution >= 0.6 is 0 Å². The van der Waals surface area contributed by atoms with Crippen LogP contribution in [0.5, 0.6) is 0 Å². The van der Waals surface area contributed by atoms with E-state index in [0.717, 1.165) is 36.7 Å². The first kappa shape index (κ1) is 11.3. The van der Waals surface area contributed by atoms with Gasteiger partial charge >= 0.3 is 0 Å². The van der Waals surface area contributed by atoms with Crippen molar-refractivity contribution in [3.63, 3.8) is 0 Å². The first-order valence-corrected chi connectivity index (χ1v) is 5.88. The monoisotopic (exact) mass is 220 g/mol. The summed E-state index contributed by atoms with van der Waals surface area (Å²) >= 11 is 0. The summed E-state index contributed by atoms with van der Waals surface area (Å²) in [5.74, 6) is 1.58. The van der Waals surface area contributed by atoms with Crippen molar-refractivity contribution >= 4 is 5.82 Å². The Bertz CT molecular complexity index is 375. The number of nitrogens with zero attached hydrogens (tertiary/aromatic N) is 3. The van der Waals surface area contributed by atoms with Gasteiger partial charge in [0.1, 0.15) is 5.82 Å². The van der Waals surface area contributed by atoms with Crippen LogP contribution in [0.3, 0.4) is 0 Å². The minimum atomic E-state index is 0.268. The molecule has 2 atom stereocenters. The van der Waals surface area contributed by atoms with E-state index in [2.05, 4.69) is 21.8 Å². The zero-order valence-corrected chi connectivity index (χ0v) is 10.3. The molecule has 1 aliphatic heterocycles. The van der Waals surface area contributed by atoms with Gasteiger partial charge < -0.3 is 10.6 Å². The average Bonchev–Trinajstić information content (AvgIpc) is 2.71. The number of rotatable bonds is 2. The Kier molecular flexibility index (Phi) is 3.10. The molecule has 1 aromatic heterocycles. The predicted octanol–water partition coefficient (Wildman–Crippen LogP) is 1.27. The Morgan fingerprint density at radius 1 is 1.44 bits per heavy atom. The van der Waals surface area contributed by atoms with Crippen LogP contribution in [0.15, 0.2) is 6.20 Å². The van der Waals surface area contributed by atoms with Gasteiger partial charge in [0.05, 0.1) is 17.6 Å². The van der Waals surface area contributed by atoms with E-state index in [1.165, 1.54) is 0 Å². The molecular weight excluding hydrogens is 200 g/mol. The van der Waals surface area contributed by atoms with Crippen LogP contribution in [0, 0.1) is 19.8 Å². The number of nitrogens with two attached hydrogens (primary N) is 1. The van der Waals surface area contributed by atoms with E-state index in [0.29, 0.717) is 5.92 Å². The van der Waals surface area contributed by atoms with Crippen molar-refractivity contribution in [3.05, 3.63) is 17.6 Å². The number of hydrogen-bond acceptors (Lipinski definition) is 4. The first-order chi connectivity index (χ1) is 7.58. The van der Waals surface area contributed by atoms with Crippen molar-refractivity contribution in [1.82, 2.24) is 9.97 Å². The van der Waals surface area contributed by atoms with E-state index in [1.807, 2.05) is 20.0 Å². The Morgan fingerprint density at radius 3 is 2.75 bits per heavy atom. The molecule has 4 nitrogen and oxygen atoms in total. The summed E-state index contributed by atoms with van der Waals surface area (Å²) < 4.78 is 0. The molecule has 2 heterocycles. The van der Waals surface area contributed by atoms with Crippen LogP contribution in [-0.2, 0) is 0 Å². The van der Waals surface area contributed by atoms with Crippen molar-refractivity contribution < 1.29 is 0 Å². The van der Waals surface area contributed by atoms with Crippen molar-refractivity contribution in [2.24, 2.45) is 11.7 Å². The van der Waals surface area contributed by atoms with Gasteiger partial charge in [0, 0.05) is 19.1 Å². The lowest BCUT2D eigenvalue weighted by Gasteiger charge is -2.19. The molecule has 0 aliphatic carbocycles. The maximum Gasteiger partial charge on any atom is 0.147 e. The van der Waals surface area contributed by atoms with E-state index in [4.69, 9.17) is 5.73 Å². The second-order valence-corrected chi connectivity index (χ2v) is 4.75. The van der Waals surface area contributed by atoms with Gasteiger partial charge in [-0.25, -0.2) is 4.98 Å². The molecule has 88 valence electrons. The van der Waals surface area contributed by atoms with Crippen LogP contribution < -0.4 is 10.6 Å². The third-order valence-corrected chi connectivity index (χ3v) is 3.47. The van der Waals surface area contributed by atoms with Crippen molar-refractivity contribution in [2.45, 2.75) is 33.2 Å². The van der Waals surface area contributed by atoms with E-state index >= 15 is 0 Å². The first-order valence-electron chi connectivity index (χ1n) is 5.88. The fraction of sp³-hybridized carbons (Fsp3) is 0.667. The summed E-state index contributed by atoms with van der Waals surface area (Å²) in [5, 5.41) is 0. The molecule has 1 fully saturated rings. The molecule has 16 heavy (non-hydrogen) atoms. The predicted molar refractivity (Wildman–Crippen MR) is 65.5 cm³/mol. The summed E-state index contributed by atoms with van der Waals surface area (Å²) in [4.78, 5) is 11.2. The van der Waals surface area contributed by atoms with E-state index < -0.39 is 0 Å². The molecule has 1 aliphatic rings. The minimum absolute atomic E-state index is 0.268. The van der Waals surface area contributed by atoms with Crippen molar-refractivity contribution in [3.8, 4) is 0 Å². The molecule has 2 rings (SSSR count). The highest BCUT2D eigenvalue weighted by atomic mass is 15.2. The van der Waals surface area contributed by atoms with Gasteiger partial charge in [0.25, 0.3) is 0 Å². The van der Waals surface area contributed by atoms with Gasteiger partial charge in [0.2, 0.25) is 0 Å². The molecule has 0 bridgehead atoms. The van der Waals surface area contributed by atoms with Crippen LogP contribution in [-0.4, -0.2) is 29.1 Å². The highest BCUT2D eigenvalue weighted by Crippen LogP contribution is 2.23. The van der Waals surface area contributed by atoms with Crippen LogP contribution in [0.25, 0.3) is 0 Å². The maximum atomic E-state index is 5.93. The van der Waals surface area contributed by atoms with Gasteiger partial charge in [-0.2, -0.15) is 0 Å². The lowest BCUT2D eigenvalue weighted by molar-refractivity contribution is 0.488. The Morgan fingerprint density at radius 2 is 2.19 bits per heavy atom. The fourth-order valence-electron chi connectivity index (χ4n) is 2.11. The molecule has 0 spiro atoms. The highest BCUT2D eigenvalue weighted by molar-refractivity contribution is 5.39. The zero-order chi connectivity index (χ0) is 11.7. The summed E-state index contributed by atoms with van der Waals surface area (Å²) in [6.07, 6.45) is 3.03. The Labute approximate surface area is 96.9 Å². The van der Waals surface area contributed by atoms with Gasteiger partial charge in [-0.1, -0.05) is 0 Å². The number of aromatic nitrogens is 2. The molecule has 1 saturated heterocycles. The Hall–Kier alpha value is -1.16. The molecule has 1 aromatic rings. The molecular formula is C12H20N4. The molecule has 0 amide bonds. The maximum absolute atomic E-state index is 5.93. The highest BCUT2D eigenvalue weighted by Gasteiger charge is 2.26. The summed E-state index contributed by atoms with van der Waals surface area (Å²) in [6.45, 7) is 8.13. The number of hydrogen-bond donors (Lipinski definition) is 1. The molecule has 0 aromatic carbocycles. The van der Waals surface area contributed by atoms with Crippen LogP contribution in [0.4, 0.5) is 5.82 Å². The van der Waals surface area contributed by atoms with Crippen LogP contribution in [0.2, 0.25) is 0 Å². The quantitative estimate of drug-likeness (QED) is 0.815. The largest absolute Gasteiger partial charge is 0.355 e. The third-order valence-electron chi connectivity index (χ3n) is 3.47. The van der Waals surface area contributed by atoms with E-state index in [1.54, 1.807) is 0 Å². The van der Waals surface area contributed by atoms with E-state index in [-0.39, 0.29) is 6.04 Å². The normalized spacial score (nSPS) is 22.5. The van der Waals surface area contributed by atoms with Gasteiger partial charge in [-0.3, -0.25) is 4.98 Å². The molecule has 2 N–H and O–H groups in total. The summed E-state index contributed by atoms with van der Waals surface area (Å²) in [7, 11) is 0. The lowest BCUT2D eigenvalue weighted by atomic mass is 10.0. The van der Waals surface area contributed by atoms with Crippen molar-refractivity contribution in [1.29, 1.82) is 0 Å². The molecule has 0 radical (unpaired) electrons. The number of aryl methyl sites for hydroxylation is 2. The average molecular weight is 220 g/mol. The Balaban J connectivity index is 2.11. The standard InChI is InChI=1S/C12H20N4/c1-8(13)11-4-5-16(7-11)12-6-14-9(2)10(3)15-12/h6,8,11H,4-5,7,13H2,1-3H3. The lowest BCUT2D eigenvalue weighted by Crippen LogP contribution is -2.30. The van der Waals surface area contributed by atoms with Gasteiger partial charge in [-0.15, -0.1) is 0 Å².